The number of nitrogen functional groups attached to an aromatic ring is 1. The van der Waals surface area contributed by atoms with E-state index in [1.807, 2.05) is 11.8 Å². The lowest BCUT2D eigenvalue weighted by molar-refractivity contribution is 0.266. The van der Waals surface area contributed by atoms with Gasteiger partial charge in [-0.05, 0) is 20.2 Å². The van der Waals surface area contributed by atoms with Crippen LogP contribution in [0.5, 0.6) is 0 Å². The third kappa shape index (κ3) is 4.05. The molecule has 0 radical (unpaired) electrons. The maximum Gasteiger partial charge on any atom is 0.141 e. The van der Waals surface area contributed by atoms with E-state index < -0.39 is 0 Å². The van der Waals surface area contributed by atoms with Crippen molar-refractivity contribution in [1.82, 2.24) is 14.9 Å². The van der Waals surface area contributed by atoms with Crippen molar-refractivity contribution in [2.45, 2.75) is 19.5 Å². The molecule has 1 aromatic heterocycles. The van der Waals surface area contributed by atoms with Crippen molar-refractivity contribution in [3.8, 4) is 0 Å². The highest BCUT2D eigenvalue weighted by molar-refractivity contribution is 7.98. The highest BCUT2D eigenvalue weighted by Crippen LogP contribution is 2.07. The van der Waals surface area contributed by atoms with Crippen LogP contribution in [0.1, 0.15) is 12.6 Å². The van der Waals surface area contributed by atoms with Crippen molar-refractivity contribution in [3.05, 3.63) is 18.1 Å². The summed E-state index contributed by atoms with van der Waals surface area (Å²) in [6.45, 7) is 3.02. The number of nitrogens with two attached hydrogens (primary N) is 1. The monoisotopic (exact) mass is 226 g/mol. The average Bonchev–Trinajstić information content (AvgIpc) is 2.22. The van der Waals surface area contributed by atoms with Gasteiger partial charge in [-0.1, -0.05) is 0 Å². The smallest absolute Gasteiger partial charge is 0.141 e. The normalized spacial score (nSPS) is 13.1. The molecule has 0 bridgehead atoms. The van der Waals surface area contributed by atoms with E-state index in [9.17, 15) is 0 Å². The molecular weight excluding hydrogens is 208 g/mol. The van der Waals surface area contributed by atoms with Crippen molar-refractivity contribution in [2.24, 2.45) is 0 Å². The fourth-order valence-corrected chi connectivity index (χ4v) is 1.96. The van der Waals surface area contributed by atoms with Crippen LogP contribution in [0.25, 0.3) is 0 Å². The summed E-state index contributed by atoms with van der Waals surface area (Å²) in [7, 11) is 2.10. The maximum absolute atomic E-state index is 5.47. The highest BCUT2D eigenvalue weighted by Gasteiger charge is 2.09. The zero-order valence-electron chi connectivity index (χ0n) is 9.47. The summed E-state index contributed by atoms with van der Waals surface area (Å²) in [6.07, 6.45) is 5.45. The molecule has 1 atom stereocenters. The minimum atomic E-state index is 0.471. The van der Waals surface area contributed by atoms with Gasteiger partial charge in [0.2, 0.25) is 0 Å². The van der Waals surface area contributed by atoms with Gasteiger partial charge in [-0.3, -0.25) is 9.88 Å². The van der Waals surface area contributed by atoms with Gasteiger partial charge in [-0.25, -0.2) is 4.98 Å². The number of hydrogen-bond donors (Lipinski definition) is 1. The minimum absolute atomic E-state index is 0.471. The Bertz CT molecular complexity index is 288. The summed E-state index contributed by atoms with van der Waals surface area (Å²) < 4.78 is 0. The van der Waals surface area contributed by atoms with Crippen molar-refractivity contribution >= 4 is 17.6 Å². The van der Waals surface area contributed by atoms with E-state index in [1.54, 1.807) is 12.4 Å². The number of aromatic nitrogens is 2. The number of nitrogens with zero attached hydrogens (tertiary/aromatic N) is 3. The molecule has 0 amide bonds. The quantitative estimate of drug-likeness (QED) is 0.818. The maximum atomic E-state index is 5.47. The topological polar surface area (TPSA) is 55.0 Å². The molecule has 0 aliphatic rings. The molecule has 5 heteroatoms. The first-order chi connectivity index (χ1) is 7.13. The Labute approximate surface area is 95.3 Å². The Kier molecular flexibility index (Phi) is 4.84. The molecule has 15 heavy (non-hydrogen) atoms. The van der Waals surface area contributed by atoms with E-state index in [2.05, 4.69) is 35.1 Å². The Hall–Kier alpha value is -0.810. The van der Waals surface area contributed by atoms with Crippen molar-refractivity contribution < 1.29 is 0 Å². The first kappa shape index (κ1) is 12.3. The zero-order chi connectivity index (χ0) is 11.3. The fraction of sp³-hybridized carbons (Fsp3) is 0.600. The predicted octanol–water partition coefficient (Wildman–Crippen LogP) is 1.24. The van der Waals surface area contributed by atoms with Gasteiger partial charge in [-0.15, -0.1) is 0 Å². The molecule has 0 fully saturated rings. The van der Waals surface area contributed by atoms with E-state index in [0.717, 1.165) is 18.0 Å². The van der Waals surface area contributed by atoms with Crippen LogP contribution in [0.15, 0.2) is 12.4 Å². The van der Waals surface area contributed by atoms with Crippen LogP contribution in [0, 0.1) is 0 Å². The summed E-state index contributed by atoms with van der Waals surface area (Å²) in [4.78, 5) is 10.5. The Morgan fingerprint density at radius 3 is 2.73 bits per heavy atom. The van der Waals surface area contributed by atoms with Crippen LogP contribution in [0.3, 0.4) is 0 Å². The average molecular weight is 226 g/mol. The standard InChI is InChI=1S/C10H18N4S/c1-8(7-15-3)14(2)6-9-4-13-10(11)5-12-9/h4-5,8H,6-7H2,1-3H3,(H2,11,13). The van der Waals surface area contributed by atoms with E-state index in [0.29, 0.717) is 11.9 Å². The molecule has 2 N–H and O–H groups in total. The van der Waals surface area contributed by atoms with E-state index in [4.69, 9.17) is 5.73 Å². The van der Waals surface area contributed by atoms with Crippen LogP contribution in [0.4, 0.5) is 5.82 Å². The van der Waals surface area contributed by atoms with Gasteiger partial charge in [0, 0.05) is 18.3 Å². The molecule has 1 heterocycles. The molecule has 0 aliphatic carbocycles. The van der Waals surface area contributed by atoms with Gasteiger partial charge in [0.05, 0.1) is 18.1 Å². The van der Waals surface area contributed by atoms with Crippen LogP contribution >= 0.6 is 11.8 Å². The molecule has 1 aromatic rings. The summed E-state index contributed by atoms with van der Waals surface area (Å²) in [5.41, 5.74) is 6.43. The van der Waals surface area contributed by atoms with Gasteiger partial charge < -0.3 is 5.73 Å². The molecule has 4 nitrogen and oxygen atoms in total. The van der Waals surface area contributed by atoms with Crippen molar-refractivity contribution in [2.75, 3.05) is 24.8 Å². The van der Waals surface area contributed by atoms with Crippen LogP contribution in [-0.2, 0) is 6.54 Å². The summed E-state index contributed by atoms with van der Waals surface area (Å²) in [6, 6.07) is 0.541. The number of anilines is 1. The molecule has 84 valence electrons. The third-order valence-electron chi connectivity index (χ3n) is 2.30. The van der Waals surface area contributed by atoms with Gasteiger partial charge in [0.1, 0.15) is 5.82 Å². The molecule has 0 saturated heterocycles. The summed E-state index contributed by atoms with van der Waals surface area (Å²) in [5.74, 6) is 1.59. The second-order valence-electron chi connectivity index (χ2n) is 3.65. The van der Waals surface area contributed by atoms with E-state index in [-0.39, 0.29) is 0 Å². The van der Waals surface area contributed by atoms with E-state index >= 15 is 0 Å². The lowest BCUT2D eigenvalue weighted by Gasteiger charge is -2.23. The van der Waals surface area contributed by atoms with Crippen LogP contribution in [0.2, 0.25) is 0 Å². The second-order valence-corrected chi connectivity index (χ2v) is 4.56. The lowest BCUT2D eigenvalue weighted by atomic mass is 10.3. The minimum Gasteiger partial charge on any atom is -0.382 e. The number of hydrogen-bond acceptors (Lipinski definition) is 5. The van der Waals surface area contributed by atoms with Gasteiger partial charge in [-0.2, -0.15) is 11.8 Å². The molecule has 1 rings (SSSR count). The first-order valence-electron chi connectivity index (χ1n) is 4.89. The zero-order valence-corrected chi connectivity index (χ0v) is 10.3. The first-order valence-corrected chi connectivity index (χ1v) is 6.28. The summed E-state index contributed by atoms with van der Waals surface area (Å²) >= 11 is 1.85. The molecule has 0 aliphatic heterocycles. The Balaban J connectivity index is 2.50. The highest BCUT2D eigenvalue weighted by atomic mass is 32.2. The molecule has 0 saturated carbocycles. The van der Waals surface area contributed by atoms with Crippen molar-refractivity contribution in [1.29, 1.82) is 0 Å². The molecule has 0 aromatic carbocycles. The second kappa shape index (κ2) is 5.92. The van der Waals surface area contributed by atoms with Crippen LogP contribution in [-0.4, -0.2) is 40.0 Å². The largest absolute Gasteiger partial charge is 0.382 e. The van der Waals surface area contributed by atoms with Crippen molar-refractivity contribution in [3.63, 3.8) is 0 Å². The predicted molar refractivity (Wildman–Crippen MR) is 65.8 cm³/mol. The SMILES string of the molecule is CSCC(C)N(C)Cc1cnc(N)cn1. The Morgan fingerprint density at radius 1 is 1.47 bits per heavy atom. The van der Waals surface area contributed by atoms with Crippen LogP contribution < -0.4 is 5.73 Å². The number of rotatable bonds is 5. The van der Waals surface area contributed by atoms with Gasteiger partial charge in [0.15, 0.2) is 0 Å². The number of thioether (sulfide) groups is 1. The van der Waals surface area contributed by atoms with Gasteiger partial charge in [0.25, 0.3) is 0 Å². The third-order valence-corrected chi connectivity index (χ3v) is 3.11. The lowest BCUT2D eigenvalue weighted by Crippen LogP contribution is -2.30. The van der Waals surface area contributed by atoms with Gasteiger partial charge >= 0.3 is 0 Å². The van der Waals surface area contributed by atoms with E-state index in [1.165, 1.54) is 0 Å². The Morgan fingerprint density at radius 2 is 2.20 bits per heavy atom. The fourth-order valence-electron chi connectivity index (χ4n) is 1.23. The molecular formula is C10H18N4S. The molecule has 1 unspecified atom stereocenters. The molecule has 0 spiro atoms. The summed E-state index contributed by atoms with van der Waals surface area (Å²) in [5, 5.41) is 0.